The number of hydrogen-bond acceptors (Lipinski definition) is 3. The number of rotatable bonds is 4. The van der Waals surface area contributed by atoms with Gasteiger partial charge in [0, 0.05) is 17.5 Å². The van der Waals surface area contributed by atoms with Crippen molar-refractivity contribution in [2.24, 2.45) is 0 Å². The Hall–Kier alpha value is -0.710. The fraction of sp³-hybridized carbons (Fsp3) is 0.600. The molecule has 0 radical (unpaired) electrons. The average Bonchev–Trinajstić information content (AvgIpc) is 2.42. The minimum atomic E-state index is -1.01. The van der Waals surface area contributed by atoms with Crippen LogP contribution in [0.5, 0.6) is 0 Å². The molecule has 1 aromatic rings. The van der Waals surface area contributed by atoms with E-state index in [4.69, 9.17) is 4.74 Å². The summed E-state index contributed by atoms with van der Waals surface area (Å²) in [5.41, 5.74) is 2.26. The van der Waals surface area contributed by atoms with Crippen LogP contribution >= 0.6 is 0 Å². The second-order valence-corrected chi connectivity index (χ2v) is 6.77. The summed E-state index contributed by atoms with van der Waals surface area (Å²) >= 11 is 0. The lowest BCUT2D eigenvalue weighted by Crippen LogP contribution is -2.48. The monoisotopic (exact) mass is 281 g/mol. The molecule has 0 amide bonds. The molecular formula is C15H23NO2S. The van der Waals surface area contributed by atoms with Crippen LogP contribution in [0.4, 0.5) is 0 Å². The molecule has 1 aliphatic heterocycles. The van der Waals surface area contributed by atoms with Gasteiger partial charge < -0.3 is 10.1 Å². The molecule has 4 heteroatoms. The molecule has 0 spiro atoms. The van der Waals surface area contributed by atoms with Gasteiger partial charge in [-0.2, -0.15) is 0 Å². The van der Waals surface area contributed by atoms with Gasteiger partial charge in [-0.3, -0.25) is 4.21 Å². The Bertz CT molecular complexity index is 459. The summed E-state index contributed by atoms with van der Waals surface area (Å²) in [4.78, 5) is 0.957. The molecule has 1 heterocycles. The fourth-order valence-corrected chi connectivity index (χ4v) is 4.27. The van der Waals surface area contributed by atoms with Crippen LogP contribution in [-0.2, 0) is 15.5 Å². The predicted molar refractivity (Wildman–Crippen MR) is 79.0 cm³/mol. The van der Waals surface area contributed by atoms with E-state index in [1.807, 2.05) is 19.9 Å². The molecule has 0 aromatic heterocycles. The van der Waals surface area contributed by atoms with Crippen molar-refractivity contribution in [1.82, 2.24) is 5.32 Å². The van der Waals surface area contributed by atoms with Crippen molar-refractivity contribution in [3.8, 4) is 0 Å². The molecule has 1 saturated heterocycles. The Morgan fingerprint density at radius 1 is 1.42 bits per heavy atom. The van der Waals surface area contributed by atoms with Gasteiger partial charge in [0.25, 0.3) is 0 Å². The standard InChI is InChI=1S/C15H23NO2S/c1-4-16-13-7-8-18-10-15(13)19(17)14-9-11(2)5-6-12(14)3/h5-6,9,13,15-16H,4,7-8,10H2,1-3H3. The van der Waals surface area contributed by atoms with Crippen molar-refractivity contribution in [2.45, 2.75) is 43.4 Å². The molecule has 3 unspecified atom stereocenters. The van der Waals surface area contributed by atoms with Gasteiger partial charge in [0.1, 0.15) is 0 Å². The lowest BCUT2D eigenvalue weighted by Gasteiger charge is -2.31. The van der Waals surface area contributed by atoms with Crippen molar-refractivity contribution in [3.63, 3.8) is 0 Å². The highest BCUT2D eigenvalue weighted by atomic mass is 32.2. The Balaban J connectivity index is 2.23. The molecule has 0 saturated carbocycles. The molecule has 1 aliphatic rings. The molecule has 1 N–H and O–H groups in total. The van der Waals surface area contributed by atoms with Crippen LogP contribution in [0.15, 0.2) is 23.1 Å². The molecule has 2 rings (SSSR count). The molecule has 0 aliphatic carbocycles. The predicted octanol–water partition coefficient (Wildman–Crippen LogP) is 2.18. The maximum absolute atomic E-state index is 12.8. The number of hydrogen-bond donors (Lipinski definition) is 1. The van der Waals surface area contributed by atoms with Crippen LogP contribution in [0.1, 0.15) is 24.5 Å². The molecule has 1 fully saturated rings. The number of nitrogens with one attached hydrogen (secondary N) is 1. The summed E-state index contributed by atoms with van der Waals surface area (Å²) in [6.07, 6.45) is 0.940. The SMILES string of the molecule is CCNC1CCOCC1S(=O)c1cc(C)ccc1C. The zero-order chi connectivity index (χ0) is 13.8. The van der Waals surface area contributed by atoms with Gasteiger partial charge in [0.15, 0.2) is 0 Å². The van der Waals surface area contributed by atoms with Gasteiger partial charge in [0.2, 0.25) is 0 Å². The Kier molecular flexibility index (Phi) is 5.13. The number of ether oxygens (including phenoxy) is 1. The van der Waals surface area contributed by atoms with E-state index >= 15 is 0 Å². The summed E-state index contributed by atoms with van der Waals surface area (Å²) in [5.74, 6) is 0. The first-order valence-electron chi connectivity index (χ1n) is 6.92. The second-order valence-electron chi connectivity index (χ2n) is 5.13. The normalized spacial score (nSPS) is 25.2. The molecule has 3 nitrogen and oxygen atoms in total. The summed E-state index contributed by atoms with van der Waals surface area (Å²) in [6, 6.07) is 6.45. The van der Waals surface area contributed by atoms with Gasteiger partial charge in [-0.15, -0.1) is 0 Å². The van der Waals surface area contributed by atoms with Crippen molar-refractivity contribution in [1.29, 1.82) is 0 Å². The van der Waals surface area contributed by atoms with E-state index in [1.165, 1.54) is 0 Å². The topological polar surface area (TPSA) is 38.3 Å². The second kappa shape index (κ2) is 6.64. The van der Waals surface area contributed by atoms with Gasteiger partial charge in [-0.25, -0.2) is 0 Å². The van der Waals surface area contributed by atoms with E-state index in [0.29, 0.717) is 12.6 Å². The van der Waals surface area contributed by atoms with E-state index in [2.05, 4.69) is 24.4 Å². The third kappa shape index (κ3) is 3.44. The molecule has 19 heavy (non-hydrogen) atoms. The fourth-order valence-electron chi connectivity index (χ4n) is 2.51. The van der Waals surface area contributed by atoms with Crippen LogP contribution in [0.3, 0.4) is 0 Å². The van der Waals surface area contributed by atoms with Crippen molar-refractivity contribution < 1.29 is 8.95 Å². The zero-order valence-corrected chi connectivity index (χ0v) is 12.8. The first kappa shape index (κ1) is 14.7. The quantitative estimate of drug-likeness (QED) is 0.919. The lowest BCUT2D eigenvalue weighted by molar-refractivity contribution is 0.0824. The minimum absolute atomic E-state index is 0.0502. The van der Waals surface area contributed by atoms with Gasteiger partial charge in [-0.05, 0) is 44.0 Å². The molecular weight excluding hydrogens is 258 g/mol. The summed E-state index contributed by atoms with van der Waals surface area (Å²) in [6.45, 7) is 8.41. The third-order valence-electron chi connectivity index (χ3n) is 3.61. The van der Waals surface area contributed by atoms with Crippen LogP contribution in [-0.4, -0.2) is 35.3 Å². The maximum atomic E-state index is 12.8. The Morgan fingerprint density at radius 2 is 2.21 bits per heavy atom. The van der Waals surface area contributed by atoms with Crippen molar-refractivity contribution in [2.75, 3.05) is 19.8 Å². The highest BCUT2D eigenvalue weighted by Gasteiger charge is 2.31. The minimum Gasteiger partial charge on any atom is -0.380 e. The maximum Gasteiger partial charge on any atom is 0.0782 e. The van der Waals surface area contributed by atoms with Crippen LogP contribution in [0, 0.1) is 13.8 Å². The van der Waals surface area contributed by atoms with Gasteiger partial charge >= 0.3 is 0 Å². The Morgan fingerprint density at radius 3 is 2.95 bits per heavy atom. The molecule has 106 valence electrons. The summed E-state index contributed by atoms with van der Waals surface area (Å²) in [7, 11) is -1.01. The van der Waals surface area contributed by atoms with Crippen molar-refractivity contribution >= 4 is 10.8 Å². The van der Waals surface area contributed by atoms with E-state index in [9.17, 15) is 4.21 Å². The largest absolute Gasteiger partial charge is 0.380 e. The average molecular weight is 281 g/mol. The first-order valence-corrected chi connectivity index (χ1v) is 8.13. The highest BCUT2D eigenvalue weighted by Crippen LogP contribution is 2.23. The number of benzene rings is 1. The molecule has 3 atom stereocenters. The van der Waals surface area contributed by atoms with Gasteiger partial charge in [0.05, 0.1) is 22.7 Å². The Labute approximate surface area is 118 Å². The molecule has 0 bridgehead atoms. The van der Waals surface area contributed by atoms with E-state index in [-0.39, 0.29) is 5.25 Å². The van der Waals surface area contributed by atoms with E-state index in [1.54, 1.807) is 0 Å². The summed E-state index contributed by atoms with van der Waals surface area (Å²) < 4.78 is 18.4. The third-order valence-corrected chi connectivity index (χ3v) is 5.49. The molecule has 1 aromatic carbocycles. The zero-order valence-electron chi connectivity index (χ0n) is 11.9. The van der Waals surface area contributed by atoms with Crippen LogP contribution in [0.2, 0.25) is 0 Å². The van der Waals surface area contributed by atoms with Crippen LogP contribution in [0.25, 0.3) is 0 Å². The lowest BCUT2D eigenvalue weighted by atomic mass is 10.1. The smallest absolute Gasteiger partial charge is 0.0782 e. The van der Waals surface area contributed by atoms with E-state index < -0.39 is 10.8 Å². The number of aryl methyl sites for hydroxylation is 2. The van der Waals surface area contributed by atoms with Gasteiger partial charge in [-0.1, -0.05) is 19.1 Å². The van der Waals surface area contributed by atoms with Crippen LogP contribution < -0.4 is 5.32 Å². The van der Waals surface area contributed by atoms with E-state index in [0.717, 1.165) is 35.6 Å². The first-order chi connectivity index (χ1) is 9.13. The van der Waals surface area contributed by atoms with Crippen molar-refractivity contribution in [3.05, 3.63) is 29.3 Å². The summed E-state index contributed by atoms with van der Waals surface area (Å²) in [5, 5.41) is 3.50. The highest BCUT2D eigenvalue weighted by molar-refractivity contribution is 7.85.